The van der Waals surface area contributed by atoms with Gasteiger partial charge in [-0.15, -0.1) is 5.10 Å². The van der Waals surface area contributed by atoms with E-state index in [2.05, 4.69) is 15.3 Å². The number of pyridine rings is 1. The summed E-state index contributed by atoms with van der Waals surface area (Å²) in [6.45, 7) is 0.919. The minimum atomic E-state index is -0.389. The first-order valence-electron chi connectivity index (χ1n) is 5.89. The zero-order chi connectivity index (χ0) is 12.5. The SMILES string of the molecule is Fc1cnc(Cl)c(Cc2cn(CC3CC3)nn2)c1. The maximum Gasteiger partial charge on any atom is 0.141 e. The van der Waals surface area contributed by atoms with E-state index >= 15 is 0 Å². The summed E-state index contributed by atoms with van der Waals surface area (Å²) in [5, 5.41) is 8.43. The van der Waals surface area contributed by atoms with Crippen molar-refractivity contribution in [2.75, 3.05) is 0 Å². The first-order chi connectivity index (χ1) is 8.70. The average Bonchev–Trinajstić information content (AvgIpc) is 3.04. The van der Waals surface area contributed by atoms with Crippen LogP contribution in [0.15, 0.2) is 18.5 Å². The molecule has 3 rings (SSSR count). The Balaban J connectivity index is 1.74. The van der Waals surface area contributed by atoms with Crippen LogP contribution < -0.4 is 0 Å². The van der Waals surface area contributed by atoms with Crippen LogP contribution in [0.1, 0.15) is 24.1 Å². The standard InChI is InChI=1S/C12H12ClFN4/c13-12-9(3-10(14)5-15-12)4-11-7-18(17-16-11)6-8-1-2-8/h3,5,7-8H,1-2,4,6H2. The van der Waals surface area contributed by atoms with Gasteiger partial charge < -0.3 is 0 Å². The first kappa shape index (κ1) is 11.6. The van der Waals surface area contributed by atoms with Crippen LogP contribution in [0.2, 0.25) is 5.15 Å². The van der Waals surface area contributed by atoms with Crippen LogP contribution in [0.5, 0.6) is 0 Å². The van der Waals surface area contributed by atoms with Gasteiger partial charge in [-0.2, -0.15) is 0 Å². The van der Waals surface area contributed by atoms with Crippen LogP contribution in [-0.4, -0.2) is 20.0 Å². The molecule has 0 bridgehead atoms. The third-order valence-corrected chi connectivity index (χ3v) is 3.32. The minimum Gasteiger partial charge on any atom is -0.252 e. The summed E-state index contributed by atoms with van der Waals surface area (Å²) in [6.07, 6.45) is 5.99. The van der Waals surface area contributed by atoms with Crippen LogP contribution in [0, 0.1) is 11.7 Å². The predicted molar refractivity (Wildman–Crippen MR) is 64.8 cm³/mol. The highest BCUT2D eigenvalue weighted by Crippen LogP contribution is 2.30. The molecular weight excluding hydrogens is 255 g/mol. The van der Waals surface area contributed by atoms with Crippen LogP contribution in [0.25, 0.3) is 0 Å². The second kappa shape index (κ2) is 4.65. The van der Waals surface area contributed by atoms with Crippen molar-refractivity contribution in [2.24, 2.45) is 5.92 Å². The number of hydrogen-bond acceptors (Lipinski definition) is 3. The third-order valence-electron chi connectivity index (χ3n) is 2.98. The van der Waals surface area contributed by atoms with Crippen molar-refractivity contribution in [1.82, 2.24) is 20.0 Å². The van der Waals surface area contributed by atoms with Crippen LogP contribution in [-0.2, 0) is 13.0 Å². The highest BCUT2D eigenvalue weighted by molar-refractivity contribution is 6.30. The van der Waals surface area contributed by atoms with Gasteiger partial charge in [-0.3, -0.25) is 4.68 Å². The lowest BCUT2D eigenvalue weighted by molar-refractivity contribution is 0.544. The van der Waals surface area contributed by atoms with Crippen molar-refractivity contribution in [3.8, 4) is 0 Å². The molecule has 1 saturated carbocycles. The maximum atomic E-state index is 13.1. The normalized spacial score (nSPS) is 15.0. The molecule has 4 nitrogen and oxygen atoms in total. The molecule has 0 unspecified atom stereocenters. The molecular formula is C12H12ClFN4. The predicted octanol–water partition coefficient (Wildman–Crippen LogP) is 2.47. The molecule has 2 aromatic rings. The fourth-order valence-corrected chi connectivity index (χ4v) is 2.03. The Hall–Kier alpha value is -1.49. The van der Waals surface area contributed by atoms with Crippen LogP contribution >= 0.6 is 11.6 Å². The topological polar surface area (TPSA) is 43.6 Å². The molecule has 0 atom stereocenters. The number of rotatable bonds is 4. The van der Waals surface area contributed by atoms with Gasteiger partial charge in [0.15, 0.2) is 0 Å². The number of halogens is 2. The third kappa shape index (κ3) is 2.67. The van der Waals surface area contributed by atoms with E-state index in [1.807, 2.05) is 10.9 Å². The van der Waals surface area contributed by atoms with Crippen LogP contribution in [0.4, 0.5) is 4.39 Å². The van der Waals surface area contributed by atoms with Gasteiger partial charge >= 0.3 is 0 Å². The highest BCUT2D eigenvalue weighted by Gasteiger charge is 2.22. The summed E-state index contributed by atoms with van der Waals surface area (Å²) in [7, 11) is 0. The molecule has 0 radical (unpaired) electrons. The molecule has 2 heterocycles. The van der Waals surface area contributed by atoms with Crippen molar-refractivity contribution >= 4 is 11.6 Å². The Kier molecular flexibility index (Phi) is 2.99. The van der Waals surface area contributed by atoms with Gasteiger partial charge in [0.1, 0.15) is 11.0 Å². The summed E-state index contributed by atoms with van der Waals surface area (Å²) in [6, 6.07) is 1.38. The molecule has 0 N–H and O–H groups in total. The van der Waals surface area contributed by atoms with Gasteiger partial charge in [-0.1, -0.05) is 16.8 Å². The van der Waals surface area contributed by atoms with E-state index in [0.717, 1.165) is 24.4 Å². The van der Waals surface area contributed by atoms with E-state index in [9.17, 15) is 4.39 Å². The van der Waals surface area contributed by atoms with Gasteiger partial charge in [-0.25, -0.2) is 9.37 Å². The fourth-order valence-electron chi connectivity index (χ4n) is 1.86. The van der Waals surface area contributed by atoms with Gasteiger partial charge in [0.05, 0.1) is 11.9 Å². The summed E-state index contributed by atoms with van der Waals surface area (Å²) < 4.78 is 14.9. The van der Waals surface area contributed by atoms with E-state index < -0.39 is 0 Å². The molecule has 6 heteroatoms. The van der Waals surface area contributed by atoms with E-state index in [-0.39, 0.29) is 5.82 Å². The van der Waals surface area contributed by atoms with Gasteiger partial charge in [-0.05, 0) is 30.4 Å². The number of hydrogen-bond donors (Lipinski definition) is 0. The molecule has 1 aliphatic rings. The van der Waals surface area contributed by atoms with E-state index in [1.54, 1.807) is 0 Å². The second-order valence-electron chi connectivity index (χ2n) is 4.66. The van der Waals surface area contributed by atoms with E-state index in [0.29, 0.717) is 17.1 Å². The Bertz CT molecular complexity index is 565. The monoisotopic (exact) mass is 266 g/mol. The zero-order valence-electron chi connectivity index (χ0n) is 9.68. The molecule has 1 aliphatic carbocycles. The Morgan fingerprint density at radius 2 is 2.28 bits per heavy atom. The summed E-state index contributed by atoms with van der Waals surface area (Å²) >= 11 is 5.91. The molecule has 0 amide bonds. The molecule has 0 spiro atoms. The van der Waals surface area contributed by atoms with Crippen molar-refractivity contribution in [3.63, 3.8) is 0 Å². The van der Waals surface area contributed by atoms with Gasteiger partial charge in [0, 0.05) is 19.2 Å². The summed E-state index contributed by atoms with van der Waals surface area (Å²) in [5.74, 6) is 0.360. The second-order valence-corrected chi connectivity index (χ2v) is 5.01. The Morgan fingerprint density at radius 1 is 1.44 bits per heavy atom. The van der Waals surface area contributed by atoms with E-state index in [4.69, 9.17) is 11.6 Å². The highest BCUT2D eigenvalue weighted by atomic mass is 35.5. The lowest BCUT2D eigenvalue weighted by atomic mass is 10.2. The quantitative estimate of drug-likeness (QED) is 0.799. The molecule has 18 heavy (non-hydrogen) atoms. The van der Waals surface area contributed by atoms with Crippen molar-refractivity contribution in [1.29, 1.82) is 0 Å². The van der Waals surface area contributed by atoms with E-state index in [1.165, 1.54) is 18.9 Å². The van der Waals surface area contributed by atoms with Crippen LogP contribution in [0.3, 0.4) is 0 Å². The molecule has 0 aromatic carbocycles. The largest absolute Gasteiger partial charge is 0.252 e. The minimum absolute atomic E-state index is 0.313. The molecule has 2 aromatic heterocycles. The van der Waals surface area contributed by atoms with Gasteiger partial charge in [0.2, 0.25) is 0 Å². The van der Waals surface area contributed by atoms with Gasteiger partial charge in [0.25, 0.3) is 0 Å². The van der Waals surface area contributed by atoms with Crippen molar-refractivity contribution in [2.45, 2.75) is 25.8 Å². The summed E-state index contributed by atoms with van der Waals surface area (Å²) in [4.78, 5) is 3.78. The molecule has 1 fully saturated rings. The fraction of sp³-hybridized carbons (Fsp3) is 0.417. The zero-order valence-corrected chi connectivity index (χ0v) is 10.4. The van der Waals surface area contributed by atoms with Crippen molar-refractivity contribution in [3.05, 3.63) is 40.7 Å². The number of aromatic nitrogens is 4. The molecule has 0 saturated heterocycles. The summed E-state index contributed by atoms with van der Waals surface area (Å²) in [5.41, 5.74) is 1.42. The smallest absolute Gasteiger partial charge is 0.141 e. The lowest BCUT2D eigenvalue weighted by Crippen LogP contribution is -1.99. The maximum absolute atomic E-state index is 13.1. The lowest BCUT2D eigenvalue weighted by Gasteiger charge is -2.00. The Labute approximate surface area is 109 Å². The first-order valence-corrected chi connectivity index (χ1v) is 6.27. The molecule has 94 valence electrons. The van der Waals surface area contributed by atoms with Crippen molar-refractivity contribution < 1.29 is 4.39 Å². The number of nitrogens with zero attached hydrogens (tertiary/aromatic N) is 4. The molecule has 0 aliphatic heterocycles. The Morgan fingerprint density at radius 3 is 3.06 bits per heavy atom. The average molecular weight is 267 g/mol.